The molecule has 1 unspecified atom stereocenters. The number of aliphatic hydroxyl groups is 1. The molecule has 2 aromatic rings. The van der Waals surface area contributed by atoms with E-state index < -0.39 is 5.60 Å². The van der Waals surface area contributed by atoms with E-state index in [1.807, 2.05) is 31.4 Å². The van der Waals surface area contributed by atoms with Gasteiger partial charge in [0.1, 0.15) is 11.3 Å². The molecule has 0 fully saturated rings. The van der Waals surface area contributed by atoms with Crippen molar-refractivity contribution in [1.29, 1.82) is 0 Å². The largest absolute Gasteiger partial charge is 0.383 e. The molecule has 1 atom stereocenters. The van der Waals surface area contributed by atoms with Crippen molar-refractivity contribution in [3.8, 4) is 0 Å². The van der Waals surface area contributed by atoms with Crippen LogP contribution in [0.1, 0.15) is 47.7 Å². The lowest BCUT2D eigenvalue weighted by Crippen LogP contribution is -2.38. The smallest absolute Gasteiger partial charge is 0.271 e. The second-order valence-corrected chi connectivity index (χ2v) is 6.24. The van der Waals surface area contributed by atoms with Crippen LogP contribution in [0.25, 0.3) is 0 Å². The quantitative estimate of drug-likeness (QED) is 0.791. The van der Waals surface area contributed by atoms with Gasteiger partial charge in [-0.2, -0.15) is 5.10 Å². The highest BCUT2D eigenvalue weighted by atomic mass is 32.1. The summed E-state index contributed by atoms with van der Waals surface area (Å²) in [6.45, 7) is 5.88. The van der Waals surface area contributed by atoms with Crippen molar-refractivity contribution >= 4 is 17.2 Å². The van der Waals surface area contributed by atoms with Crippen molar-refractivity contribution in [2.45, 2.75) is 32.3 Å². The molecule has 20 heavy (non-hydrogen) atoms. The van der Waals surface area contributed by atoms with Gasteiger partial charge in [0.05, 0.1) is 6.54 Å². The first-order chi connectivity index (χ1) is 9.40. The van der Waals surface area contributed by atoms with Crippen molar-refractivity contribution in [1.82, 2.24) is 15.5 Å². The van der Waals surface area contributed by atoms with E-state index in [0.717, 1.165) is 10.6 Å². The minimum atomic E-state index is -1.07. The van der Waals surface area contributed by atoms with E-state index in [2.05, 4.69) is 15.5 Å². The molecular weight excluding hydrogens is 274 g/mol. The molecule has 2 heterocycles. The zero-order valence-electron chi connectivity index (χ0n) is 11.8. The van der Waals surface area contributed by atoms with Crippen molar-refractivity contribution in [3.05, 3.63) is 39.8 Å². The van der Waals surface area contributed by atoms with Crippen LogP contribution in [0.3, 0.4) is 0 Å². The molecule has 0 saturated heterocycles. The third-order valence-electron chi connectivity index (χ3n) is 3.10. The summed E-state index contributed by atoms with van der Waals surface area (Å²) in [5.74, 6) is 0.00302. The number of thiophene rings is 1. The molecule has 6 heteroatoms. The molecule has 1 amide bonds. The summed E-state index contributed by atoms with van der Waals surface area (Å²) in [5, 5.41) is 21.8. The summed E-state index contributed by atoms with van der Waals surface area (Å²) < 4.78 is 0. The molecule has 0 aromatic carbocycles. The fourth-order valence-corrected chi connectivity index (χ4v) is 2.55. The molecule has 5 nitrogen and oxygen atoms in total. The van der Waals surface area contributed by atoms with E-state index in [1.165, 1.54) is 11.3 Å². The summed E-state index contributed by atoms with van der Waals surface area (Å²) in [5.41, 5.74) is 0.192. The van der Waals surface area contributed by atoms with Gasteiger partial charge in [0, 0.05) is 10.6 Å². The lowest BCUT2D eigenvalue weighted by atomic mass is 10.1. The molecule has 0 bridgehead atoms. The Morgan fingerprint density at radius 1 is 1.60 bits per heavy atom. The number of nitrogens with zero attached hydrogens (tertiary/aromatic N) is 1. The van der Waals surface area contributed by atoms with Gasteiger partial charge in [0.15, 0.2) is 0 Å². The van der Waals surface area contributed by atoms with Gasteiger partial charge in [0.25, 0.3) is 5.91 Å². The number of aromatic nitrogens is 2. The molecule has 0 aliphatic heterocycles. The van der Waals surface area contributed by atoms with Gasteiger partial charge >= 0.3 is 0 Å². The first-order valence-corrected chi connectivity index (χ1v) is 7.38. The number of hydrogen-bond donors (Lipinski definition) is 3. The Labute approximate surface area is 122 Å². The van der Waals surface area contributed by atoms with Gasteiger partial charge in [-0.15, -0.1) is 11.3 Å². The average Bonchev–Trinajstić information content (AvgIpc) is 3.06. The zero-order valence-corrected chi connectivity index (χ0v) is 12.6. The van der Waals surface area contributed by atoms with E-state index in [0.29, 0.717) is 11.6 Å². The number of amides is 1. The van der Waals surface area contributed by atoms with Crippen molar-refractivity contribution in [2.75, 3.05) is 6.54 Å². The maximum atomic E-state index is 12.0. The Morgan fingerprint density at radius 3 is 2.90 bits per heavy atom. The van der Waals surface area contributed by atoms with Gasteiger partial charge in [-0.3, -0.25) is 9.89 Å². The van der Waals surface area contributed by atoms with Crippen LogP contribution in [-0.4, -0.2) is 27.8 Å². The third-order valence-corrected chi connectivity index (χ3v) is 4.22. The highest BCUT2D eigenvalue weighted by molar-refractivity contribution is 7.10. The van der Waals surface area contributed by atoms with Crippen LogP contribution < -0.4 is 5.32 Å². The molecule has 2 aromatic heterocycles. The molecule has 2 rings (SSSR count). The summed E-state index contributed by atoms with van der Waals surface area (Å²) in [6, 6.07) is 5.46. The number of H-pyrrole nitrogens is 1. The first kappa shape index (κ1) is 14.7. The van der Waals surface area contributed by atoms with Crippen LogP contribution in [0.15, 0.2) is 23.6 Å². The predicted octanol–water partition coefficient (Wildman–Crippen LogP) is 2.23. The molecule has 0 saturated carbocycles. The number of rotatable bonds is 5. The molecule has 0 radical (unpaired) electrons. The van der Waals surface area contributed by atoms with Gasteiger partial charge < -0.3 is 10.4 Å². The first-order valence-electron chi connectivity index (χ1n) is 6.50. The second-order valence-electron chi connectivity index (χ2n) is 5.30. The van der Waals surface area contributed by atoms with E-state index in [1.54, 1.807) is 13.0 Å². The van der Waals surface area contributed by atoms with E-state index in [4.69, 9.17) is 0 Å². The lowest BCUT2D eigenvalue weighted by Gasteiger charge is -2.21. The summed E-state index contributed by atoms with van der Waals surface area (Å²) in [7, 11) is 0. The van der Waals surface area contributed by atoms with Crippen LogP contribution in [0.4, 0.5) is 0 Å². The lowest BCUT2D eigenvalue weighted by molar-refractivity contribution is 0.0555. The van der Waals surface area contributed by atoms with E-state index in [9.17, 15) is 9.90 Å². The molecule has 0 spiro atoms. The van der Waals surface area contributed by atoms with Crippen LogP contribution in [-0.2, 0) is 5.60 Å². The Morgan fingerprint density at radius 2 is 2.35 bits per heavy atom. The Balaban J connectivity index is 1.98. The SMILES string of the molecule is CC(C)c1cc(C(=O)NCC(C)(O)c2cccs2)n[nH]1. The van der Waals surface area contributed by atoms with Gasteiger partial charge in [-0.25, -0.2) is 0 Å². The predicted molar refractivity (Wildman–Crippen MR) is 78.9 cm³/mol. The third kappa shape index (κ3) is 3.26. The maximum Gasteiger partial charge on any atom is 0.271 e. The second kappa shape index (κ2) is 5.76. The monoisotopic (exact) mass is 293 g/mol. The molecule has 0 aliphatic carbocycles. The average molecular weight is 293 g/mol. The Bertz CT molecular complexity index is 573. The van der Waals surface area contributed by atoms with E-state index in [-0.39, 0.29) is 12.5 Å². The molecule has 108 valence electrons. The van der Waals surface area contributed by atoms with Crippen molar-refractivity contribution in [3.63, 3.8) is 0 Å². The number of hydrogen-bond acceptors (Lipinski definition) is 4. The zero-order chi connectivity index (χ0) is 14.8. The summed E-state index contributed by atoms with van der Waals surface area (Å²) in [6.07, 6.45) is 0. The van der Waals surface area contributed by atoms with Crippen molar-refractivity contribution < 1.29 is 9.90 Å². The molecule has 0 aliphatic rings. The van der Waals surface area contributed by atoms with Gasteiger partial charge in [-0.05, 0) is 30.4 Å². The normalized spacial score (nSPS) is 14.2. The number of nitrogens with one attached hydrogen (secondary N) is 2. The van der Waals surface area contributed by atoms with Gasteiger partial charge in [0.2, 0.25) is 0 Å². The summed E-state index contributed by atoms with van der Waals surface area (Å²) >= 11 is 1.46. The maximum absolute atomic E-state index is 12.0. The van der Waals surface area contributed by atoms with Crippen LogP contribution >= 0.6 is 11.3 Å². The van der Waals surface area contributed by atoms with Crippen LogP contribution in [0.2, 0.25) is 0 Å². The number of carbonyl (C=O) groups is 1. The van der Waals surface area contributed by atoms with Crippen LogP contribution in [0.5, 0.6) is 0 Å². The fraction of sp³-hybridized carbons (Fsp3) is 0.429. The Kier molecular flexibility index (Phi) is 4.25. The Hall–Kier alpha value is -1.66. The minimum Gasteiger partial charge on any atom is -0.383 e. The van der Waals surface area contributed by atoms with E-state index >= 15 is 0 Å². The fourth-order valence-electron chi connectivity index (χ4n) is 1.76. The minimum absolute atomic E-state index is 0.149. The number of aromatic amines is 1. The molecular formula is C14H19N3O2S. The molecule has 3 N–H and O–H groups in total. The summed E-state index contributed by atoms with van der Waals surface area (Å²) in [4.78, 5) is 12.8. The topological polar surface area (TPSA) is 78.0 Å². The van der Waals surface area contributed by atoms with Crippen molar-refractivity contribution in [2.24, 2.45) is 0 Å². The van der Waals surface area contributed by atoms with Gasteiger partial charge in [-0.1, -0.05) is 19.9 Å². The standard InChI is InChI=1S/C14H19N3O2S/c1-9(2)10-7-11(17-16-10)13(18)15-8-14(3,19)12-5-4-6-20-12/h4-7,9,19H,8H2,1-3H3,(H,15,18)(H,16,17). The number of carbonyl (C=O) groups excluding carboxylic acids is 1. The highest BCUT2D eigenvalue weighted by Gasteiger charge is 2.25. The highest BCUT2D eigenvalue weighted by Crippen LogP contribution is 2.24. The van der Waals surface area contributed by atoms with Crippen LogP contribution in [0, 0.1) is 0 Å².